The van der Waals surface area contributed by atoms with E-state index in [0.29, 0.717) is 13.0 Å². The maximum atomic E-state index is 12.0. The molecule has 0 saturated heterocycles. The highest BCUT2D eigenvalue weighted by Gasteiger charge is 2.49. The minimum absolute atomic E-state index is 0.0763. The van der Waals surface area contributed by atoms with Gasteiger partial charge in [0.05, 0.1) is 0 Å². The summed E-state index contributed by atoms with van der Waals surface area (Å²) in [6, 6.07) is 0. The third-order valence-electron chi connectivity index (χ3n) is 4.62. The molecule has 18 heavy (non-hydrogen) atoms. The van der Waals surface area contributed by atoms with E-state index in [0.717, 1.165) is 32.1 Å². The first-order chi connectivity index (χ1) is 8.42. The van der Waals surface area contributed by atoms with Crippen molar-refractivity contribution >= 4 is 11.9 Å². The fourth-order valence-electron chi connectivity index (χ4n) is 2.80. The summed E-state index contributed by atoms with van der Waals surface area (Å²) >= 11 is 0. The summed E-state index contributed by atoms with van der Waals surface area (Å²) in [6.45, 7) is 2.12. The third-order valence-corrected chi connectivity index (χ3v) is 4.62. The van der Waals surface area contributed by atoms with Crippen LogP contribution >= 0.6 is 0 Å². The Bertz CT molecular complexity index is 356. The van der Waals surface area contributed by atoms with Gasteiger partial charge in [-0.25, -0.2) is 4.79 Å². The molecule has 0 aliphatic heterocycles. The molecule has 5 heteroatoms. The van der Waals surface area contributed by atoms with Crippen molar-refractivity contribution < 1.29 is 14.7 Å². The minimum atomic E-state index is -1.10. The van der Waals surface area contributed by atoms with Crippen molar-refractivity contribution in [1.82, 2.24) is 5.32 Å². The van der Waals surface area contributed by atoms with Gasteiger partial charge in [-0.05, 0) is 50.5 Å². The number of carbonyl (C=O) groups excluding carboxylic acids is 1. The molecule has 0 aromatic rings. The lowest BCUT2D eigenvalue weighted by atomic mass is 9.66. The van der Waals surface area contributed by atoms with Gasteiger partial charge in [-0.2, -0.15) is 0 Å². The van der Waals surface area contributed by atoms with Crippen LogP contribution in [0.5, 0.6) is 0 Å². The van der Waals surface area contributed by atoms with Crippen LogP contribution in [0, 0.1) is 11.3 Å². The monoisotopic (exact) mass is 254 g/mol. The molecule has 0 aromatic carbocycles. The Morgan fingerprint density at radius 3 is 2.39 bits per heavy atom. The fraction of sp³-hybridized carbons (Fsp3) is 0.846. The maximum absolute atomic E-state index is 12.0. The smallest absolute Gasteiger partial charge is 0.329 e. The normalized spacial score (nSPS) is 24.8. The van der Waals surface area contributed by atoms with E-state index in [-0.39, 0.29) is 17.2 Å². The number of nitrogens with one attached hydrogen (secondary N) is 1. The van der Waals surface area contributed by atoms with Crippen LogP contribution < -0.4 is 11.1 Å². The van der Waals surface area contributed by atoms with Crippen molar-refractivity contribution in [1.29, 1.82) is 0 Å². The predicted octanol–water partition coefficient (Wildman–Crippen LogP) is 0.875. The second kappa shape index (κ2) is 4.53. The van der Waals surface area contributed by atoms with Crippen molar-refractivity contribution in [3.05, 3.63) is 0 Å². The molecule has 2 aliphatic carbocycles. The average molecular weight is 254 g/mol. The maximum Gasteiger partial charge on any atom is 0.329 e. The zero-order chi connectivity index (χ0) is 13.4. The van der Waals surface area contributed by atoms with Crippen LogP contribution in [0.15, 0.2) is 0 Å². The Morgan fingerprint density at radius 1 is 1.44 bits per heavy atom. The van der Waals surface area contributed by atoms with Crippen molar-refractivity contribution in [2.75, 3.05) is 6.54 Å². The zero-order valence-electron chi connectivity index (χ0n) is 10.9. The first kappa shape index (κ1) is 13.3. The average Bonchev–Trinajstić information content (AvgIpc) is 3.06. The molecule has 0 aromatic heterocycles. The van der Waals surface area contributed by atoms with E-state index in [2.05, 4.69) is 5.32 Å². The number of carbonyl (C=O) groups is 2. The number of carboxylic acids is 1. The summed E-state index contributed by atoms with van der Waals surface area (Å²) in [7, 11) is 0. The van der Waals surface area contributed by atoms with Gasteiger partial charge in [-0.3, -0.25) is 4.79 Å². The topological polar surface area (TPSA) is 92.4 Å². The van der Waals surface area contributed by atoms with Crippen molar-refractivity contribution in [2.45, 2.75) is 51.0 Å². The quantitative estimate of drug-likeness (QED) is 0.656. The first-order valence-corrected chi connectivity index (χ1v) is 6.66. The molecule has 0 radical (unpaired) electrons. The molecule has 1 amide bonds. The number of rotatable bonds is 6. The summed E-state index contributed by atoms with van der Waals surface area (Å²) in [5.74, 6) is -1.03. The number of carboxylic acid groups (broad SMARTS) is 1. The van der Waals surface area contributed by atoms with Crippen LogP contribution in [0.3, 0.4) is 0 Å². The standard InChI is InChI=1S/C13H22N2O3/c1-12(11(17)18,9-3-4-9)15-10(16)7-13(8-14)5-2-6-13/h9H,2-8,14H2,1H3,(H,15,16)(H,17,18). The highest BCUT2D eigenvalue weighted by molar-refractivity contribution is 5.87. The SMILES string of the molecule is CC(NC(=O)CC1(CN)CCC1)(C(=O)O)C1CC1. The van der Waals surface area contributed by atoms with E-state index in [9.17, 15) is 14.7 Å². The Morgan fingerprint density at radius 2 is 2.06 bits per heavy atom. The molecule has 2 saturated carbocycles. The molecule has 4 N–H and O–H groups in total. The second-order valence-electron chi connectivity index (χ2n) is 6.06. The van der Waals surface area contributed by atoms with Crippen LogP contribution in [0.2, 0.25) is 0 Å². The molecule has 102 valence electrons. The molecule has 1 atom stereocenters. The van der Waals surface area contributed by atoms with Gasteiger partial charge in [-0.1, -0.05) is 6.42 Å². The molecule has 2 aliphatic rings. The fourth-order valence-corrected chi connectivity index (χ4v) is 2.80. The van der Waals surface area contributed by atoms with Gasteiger partial charge < -0.3 is 16.2 Å². The molecule has 0 spiro atoms. The van der Waals surface area contributed by atoms with Crippen LogP contribution in [-0.2, 0) is 9.59 Å². The number of nitrogens with two attached hydrogens (primary N) is 1. The summed E-state index contributed by atoms with van der Waals surface area (Å²) in [5, 5.41) is 12.0. The predicted molar refractivity (Wildman–Crippen MR) is 66.9 cm³/mol. The van der Waals surface area contributed by atoms with Crippen molar-refractivity contribution in [3.63, 3.8) is 0 Å². The van der Waals surface area contributed by atoms with E-state index in [4.69, 9.17) is 5.73 Å². The number of hydrogen-bond acceptors (Lipinski definition) is 3. The van der Waals surface area contributed by atoms with Gasteiger partial charge in [0.25, 0.3) is 0 Å². The number of amides is 1. The Balaban J connectivity index is 1.95. The minimum Gasteiger partial charge on any atom is -0.480 e. The van der Waals surface area contributed by atoms with Gasteiger partial charge >= 0.3 is 5.97 Å². The summed E-state index contributed by atoms with van der Waals surface area (Å²) in [6.07, 6.45) is 5.19. The van der Waals surface area contributed by atoms with Crippen LogP contribution in [-0.4, -0.2) is 29.1 Å². The third kappa shape index (κ3) is 2.36. The van der Waals surface area contributed by atoms with Gasteiger partial charge in [0.1, 0.15) is 5.54 Å². The molecule has 2 rings (SSSR count). The van der Waals surface area contributed by atoms with E-state index in [1.807, 2.05) is 0 Å². The van der Waals surface area contributed by atoms with Gasteiger partial charge in [0, 0.05) is 6.42 Å². The summed E-state index contributed by atoms with van der Waals surface area (Å²) < 4.78 is 0. The summed E-state index contributed by atoms with van der Waals surface area (Å²) in [4.78, 5) is 23.4. The Hall–Kier alpha value is -1.10. The highest BCUT2D eigenvalue weighted by Crippen LogP contribution is 2.44. The second-order valence-corrected chi connectivity index (χ2v) is 6.06. The van der Waals surface area contributed by atoms with Gasteiger partial charge in [0.2, 0.25) is 5.91 Å². The van der Waals surface area contributed by atoms with Crippen LogP contribution in [0.25, 0.3) is 0 Å². The highest BCUT2D eigenvalue weighted by atomic mass is 16.4. The van der Waals surface area contributed by atoms with E-state index in [1.165, 1.54) is 0 Å². The Kier molecular flexibility index (Phi) is 3.36. The molecule has 0 heterocycles. The molecule has 5 nitrogen and oxygen atoms in total. The number of hydrogen-bond donors (Lipinski definition) is 3. The van der Waals surface area contributed by atoms with Gasteiger partial charge in [0.15, 0.2) is 0 Å². The van der Waals surface area contributed by atoms with E-state index in [1.54, 1.807) is 6.92 Å². The molecule has 1 unspecified atom stereocenters. The van der Waals surface area contributed by atoms with Crippen LogP contribution in [0.1, 0.15) is 45.4 Å². The van der Waals surface area contributed by atoms with Crippen molar-refractivity contribution in [2.24, 2.45) is 17.1 Å². The van der Waals surface area contributed by atoms with E-state index >= 15 is 0 Å². The largest absolute Gasteiger partial charge is 0.480 e. The zero-order valence-corrected chi connectivity index (χ0v) is 10.9. The lowest BCUT2D eigenvalue weighted by Gasteiger charge is -2.41. The van der Waals surface area contributed by atoms with Crippen molar-refractivity contribution in [3.8, 4) is 0 Å². The van der Waals surface area contributed by atoms with Gasteiger partial charge in [-0.15, -0.1) is 0 Å². The molecule has 2 fully saturated rings. The first-order valence-electron chi connectivity index (χ1n) is 6.66. The van der Waals surface area contributed by atoms with E-state index < -0.39 is 11.5 Å². The molecular formula is C13H22N2O3. The lowest BCUT2D eigenvalue weighted by Crippen LogP contribution is -2.55. The Labute approximate surface area is 107 Å². The molecular weight excluding hydrogens is 232 g/mol. The molecule has 0 bridgehead atoms. The lowest BCUT2D eigenvalue weighted by molar-refractivity contribution is -0.148. The summed E-state index contributed by atoms with van der Waals surface area (Å²) in [5.41, 5.74) is 4.54. The number of aliphatic carboxylic acids is 1. The van der Waals surface area contributed by atoms with Crippen LogP contribution in [0.4, 0.5) is 0 Å².